The van der Waals surface area contributed by atoms with Crippen molar-refractivity contribution in [2.75, 3.05) is 34.8 Å². The van der Waals surface area contributed by atoms with Crippen LogP contribution in [0.5, 0.6) is 0 Å². The van der Waals surface area contributed by atoms with Crippen molar-refractivity contribution >= 4 is 29.0 Å². The molecule has 3 aromatic rings. The molecule has 2 aromatic heterocycles. The summed E-state index contributed by atoms with van der Waals surface area (Å²) in [7, 11) is 0. The number of carbonyl (C=O) groups is 2. The first kappa shape index (κ1) is 24.7. The van der Waals surface area contributed by atoms with Gasteiger partial charge in [-0.05, 0) is 32.0 Å². The van der Waals surface area contributed by atoms with Crippen molar-refractivity contribution in [2.45, 2.75) is 31.8 Å². The molecule has 4 heterocycles. The van der Waals surface area contributed by atoms with Crippen molar-refractivity contribution in [1.29, 1.82) is 0 Å². The molecule has 0 aliphatic carbocycles. The summed E-state index contributed by atoms with van der Waals surface area (Å²) >= 11 is 0. The Balaban J connectivity index is 1.52. The number of nitrogens with one attached hydrogen (secondary N) is 1. The molecule has 2 amide bonds. The Morgan fingerprint density at radius 2 is 1.95 bits per heavy atom. The Bertz CT molecular complexity index is 1370. The van der Waals surface area contributed by atoms with Gasteiger partial charge < -0.3 is 20.2 Å². The fourth-order valence-corrected chi connectivity index (χ4v) is 4.71. The zero-order chi connectivity index (χ0) is 26.5. The number of hydrogen-bond donors (Lipinski definition) is 2. The lowest BCUT2D eigenvalue weighted by atomic mass is 9.96. The van der Waals surface area contributed by atoms with Gasteiger partial charge in [-0.3, -0.25) is 14.6 Å². The highest BCUT2D eigenvalue weighted by atomic mass is 19.3. The van der Waals surface area contributed by atoms with E-state index in [2.05, 4.69) is 15.3 Å². The Hall–Kier alpha value is -3.99. The number of benzene rings is 1. The third-order valence-electron chi connectivity index (χ3n) is 6.52. The van der Waals surface area contributed by atoms with Crippen LogP contribution in [0.2, 0.25) is 0 Å². The Morgan fingerprint density at radius 1 is 1.24 bits per heavy atom. The van der Waals surface area contributed by atoms with E-state index in [9.17, 15) is 23.5 Å². The van der Waals surface area contributed by atoms with E-state index in [1.54, 1.807) is 30.9 Å². The molecule has 37 heavy (non-hydrogen) atoms. The quantitative estimate of drug-likeness (QED) is 0.505. The number of amides is 2. The third kappa shape index (κ3) is 4.62. The van der Waals surface area contributed by atoms with E-state index in [1.165, 1.54) is 41.4 Å². The van der Waals surface area contributed by atoms with Gasteiger partial charge in [0, 0.05) is 42.2 Å². The van der Waals surface area contributed by atoms with Gasteiger partial charge in [0.1, 0.15) is 12.4 Å². The number of fused-ring (bicyclic) bond motifs is 3. The smallest absolute Gasteiger partial charge is 0.263 e. The number of hydrogen-bond acceptors (Lipinski definition) is 6. The van der Waals surface area contributed by atoms with Crippen LogP contribution in [0.15, 0.2) is 48.7 Å². The maximum atomic E-state index is 15.6. The van der Waals surface area contributed by atoms with Crippen LogP contribution < -0.4 is 15.1 Å². The van der Waals surface area contributed by atoms with E-state index in [0.717, 1.165) is 0 Å². The van der Waals surface area contributed by atoms with E-state index >= 15 is 4.39 Å². The maximum absolute atomic E-state index is 15.6. The molecule has 0 spiro atoms. The summed E-state index contributed by atoms with van der Waals surface area (Å²) in [4.78, 5) is 37.8. The maximum Gasteiger partial charge on any atom is 0.263 e. The molecule has 1 atom stereocenters. The number of rotatable bonds is 5. The fourth-order valence-electron chi connectivity index (χ4n) is 4.71. The molecule has 0 saturated carbocycles. The number of aliphatic hydroxyl groups is 1. The standard InChI is InChI=1S/C26H24F3N5O3/c1-14-22-17(4-3-9-30-22)21-18(10-19(32-24(21)29)33-12-26(2,37)13-33)34(25(14)36)11-20(35)31-16-7-5-15(6-8-16)23(27)28/h3-10,14,23,37H,11-13H2,1-2H3,(H,31,35). The van der Waals surface area contributed by atoms with Gasteiger partial charge in [0.25, 0.3) is 6.43 Å². The molecule has 1 unspecified atom stereocenters. The second kappa shape index (κ2) is 9.15. The van der Waals surface area contributed by atoms with Crippen LogP contribution in [-0.2, 0) is 9.59 Å². The van der Waals surface area contributed by atoms with Gasteiger partial charge in [-0.2, -0.15) is 4.39 Å². The van der Waals surface area contributed by atoms with Crippen LogP contribution in [0.3, 0.4) is 0 Å². The molecule has 2 aliphatic heterocycles. The molecule has 5 rings (SSSR count). The molecular formula is C26H24F3N5O3. The SMILES string of the molecule is CC1C(=O)N(CC(=O)Nc2ccc(C(F)F)cc2)c2cc(N3CC(C)(O)C3)nc(F)c2-c2cccnc21. The van der Waals surface area contributed by atoms with Crippen molar-refractivity contribution in [3.05, 3.63) is 65.9 Å². The predicted molar refractivity (Wildman–Crippen MR) is 131 cm³/mol. The summed E-state index contributed by atoms with van der Waals surface area (Å²) in [5.74, 6) is -2.45. The molecule has 1 saturated heterocycles. The summed E-state index contributed by atoms with van der Waals surface area (Å²) in [5.41, 5.74) is 0.112. The lowest BCUT2D eigenvalue weighted by Crippen LogP contribution is -2.60. The van der Waals surface area contributed by atoms with E-state index in [4.69, 9.17) is 0 Å². The number of anilines is 3. The zero-order valence-corrected chi connectivity index (χ0v) is 20.1. The van der Waals surface area contributed by atoms with Crippen LogP contribution in [0.1, 0.15) is 37.4 Å². The number of β-amino-alcohol motifs (C(OH)–C–C–N with tert-alkyl or cyclic N) is 1. The van der Waals surface area contributed by atoms with E-state index < -0.39 is 42.3 Å². The second-order valence-electron chi connectivity index (χ2n) is 9.57. The fraction of sp³-hybridized carbons (Fsp3) is 0.308. The monoisotopic (exact) mass is 511 g/mol. The van der Waals surface area contributed by atoms with E-state index in [1.807, 2.05) is 0 Å². The lowest BCUT2D eigenvalue weighted by molar-refractivity contribution is -0.122. The first-order chi connectivity index (χ1) is 17.5. The minimum Gasteiger partial charge on any atom is -0.386 e. The topological polar surface area (TPSA) is 98.7 Å². The highest BCUT2D eigenvalue weighted by Gasteiger charge is 2.40. The normalized spacial score (nSPS) is 18.1. The summed E-state index contributed by atoms with van der Waals surface area (Å²) in [6.07, 6.45) is -1.13. The highest BCUT2D eigenvalue weighted by Crippen LogP contribution is 2.43. The average Bonchev–Trinajstić information content (AvgIpc) is 2.92. The van der Waals surface area contributed by atoms with Gasteiger partial charge in [-0.25, -0.2) is 13.8 Å². The van der Waals surface area contributed by atoms with Crippen LogP contribution in [0.4, 0.5) is 30.4 Å². The number of aromatic nitrogens is 2. The van der Waals surface area contributed by atoms with E-state index in [-0.39, 0.29) is 41.4 Å². The first-order valence-electron chi connectivity index (χ1n) is 11.7. The van der Waals surface area contributed by atoms with E-state index in [0.29, 0.717) is 11.3 Å². The zero-order valence-electron chi connectivity index (χ0n) is 20.1. The first-order valence-corrected chi connectivity index (χ1v) is 11.7. The number of carbonyl (C=O) groups excluding carboxylic acids is 2. The van der Waals surface area contributed by atoms with Crippen LogP contribution in [-0.4, -0.2) is 52.1 Å². The molecule has 1 fully saturated rings. The number of pyridine rings is 2. The summed E-state index contributed by atoms with van der Waals surface area (Å²) < 4.78 is 41.3. The van der Waals surface area contributed by atoms with Gasteiger partial charge >= 0.3 is 0 Å². The molecule has 8 nitrogen and oxygen atoms in total. The summed E-state index contributed by atoms with van der Waals surface area (Å²) in [6.45, 7) is 3.29. The highest BCUT2D eigenvalue weighted by molar-refractivity contribution is 6.09. The third-order valence-corrected chi connectivity index (χ3v) is 6.52. The van der Waals surface area contributed by atoms with Gasteiger partial charge in [-0.15, -0.1) is 0 Å². The molecule has 0 radical (unpaired) electrons. The van der Waals surface area contributed by atoms with Crippen LogP contribution in [0, 0.1) is 5.95 Å². The van der Waals surface area contributed by atoms with Crippen LogP contribution >= 0.6 is 0 Å². The second-order valence-corrected chi connectivity index (χ2v) is 9.57. The van der Waals surface area contributed by atoms with Crippen molar-refractivity contribution < 1.29 is 27.9 Å². The molecular weight excluding hydrogens is 487 g/mol. The predicted octanol–water partition coefficient (Wildman–Crippen LogP) is 3.88. The molecule has 11 heteroatoms. The lowest BCUT2D eigenvalue weighted by Gasteiger charge is -2.45. The largest absolute Gasteiger partial charge is 0.386 e. The minimum absolute atomic E-state index is 0.0471. The molecule has 0 bridgehead atoms. The van der Waals surface area contributed by atoms with Gasteiger partial charge in [0.15, 0.2) is 0 Å². The van der Waals surface area contributed by atoms with Crippen LogP contribution in [0.25, 0.3) is 11.1 Å². The molecule has 2 aliphatic rings. The van der Waals surface area contributed by atoms with Crippen molar-refractivity contribution in [3.63, 3.8) is 0 Å². The van der Waals surface area contributed by atoms with Crippen molar-refractivity contribution in [1.82, 2.24) is 9.97 Å². The number of nitrogens with zero attached hydrogens (tertiary/aromatic N) is 4. The molecule has 1 aromatic carbocycles. The Morgan fingerprint density at radius 3 is 2.59 bits per heavy atom. The number of halogens is 3. The van der Waals surface area contributed by atoms with Gasteiger partial charge in [-0.1, -0.05) is 18.2 Å². The molecule has 2 N–H and O–H groups in total. The number of alkyl halides is 2. The van der Waals surface area contributed by atoms with Gasteiger partial charge in [0.05, 0.1) is 28.5 Å². The minimum atomic E-state index is -2.64. The summed E-state index contributed by atoms with van der Waals surface area (Å²) in [5, 5.41) is 12.7. The van der Waals surface area contributed by atoms with Crippen molar-refractivity contribution in [3.8, 4) is 11.1 Å². The average molecular weight is 512 g/mol. The summed E-state index contributed by atoms with van der Waals surface area (Å²) in [6, 6.07) is 9.90. The Labute approximate surface area is 210 Å². The molecule has 192 valence electrons. The van der Waals surface area contributed by atoms with Gasteiger partial charge in [0.2, 0.25) is 17.8 Å². The van der Waals surface area contributed by atoms with Crippen molar-refractivity contribution in [2.24, 2.45) is 0 Å². The Kier molecular flexibility index (Phi) is 6.10.